The van der Waals surface area contributed by atoms with Crippen LogP contribution < -0.4 is 21.7 Å². The van der Waals surface area contributed by atoms with Gasteiger partial charge in [0.15, 0.2) is 0 Å². The average molecular weight is 515 g/mol. The third-order valence-electron chi connectivity index (χ3n) is 4.79. The van der Waals surface area contributed by atoms with Crippen LogP contribution in [0.3, 0.4) is 0 Å². The van der Waals surface area contributed by atoms with Crippen molar-refractivity contribution in [2.24, 2.45) is 5.73 Å². The topological polar surface area (TPSA) is 228 Å². The number of aliphatic hydroxyl groups is 1. The number of phenolic OH excluding ortho intramolecular Hbond substituents is 1. The minimum Gasteiger partial charge on any atom is -0.508 e. The minimum absolute atomic E-state index is 0.0374. The number of aromatic hydroxyl groups is 1. The zero-order chi connectivity index (χ0) is 26.5. The summed E-state index contributed by atoms with van der Waals surface area (Å²) in [6, 6.07) is -0.0584. The van der Waals surface area contributed by atoms with E-state index in [1.807, 2.05) is 6.26 Å². The molecule has 0 aliphatic heterocycles. The fourth-order valence-electron chi connectivity index (χ4n) is 2.85. The lowest BCUT2D eigenvalue weighted by Crippen LogP contribution is -2.58. The molecule has 35 heavy (non-hydrogen) atoms. The Kier molecular flexibility index (Phi) is 12.6. The molecule has 4 unspecified atom stereocenters. The monoisotopic (exact) mass is 514 g/mol. The van der Waals surface area contributed by atoms with Gasteiger partial charge in [-0.25, -0.2) is 4.79 Å². The maximum atomic E-state index is 12.7. The first-order valence-corrected chi connectivity index (χ1v) is 11.9. The number of aliphatic carboxylic acids is 2. The summed E-state index contributed by atoms with van der Waals surface area (Å²) < 4.78 is 0. The molecule has 0 fully saturated rings. The quantitative estimate of drug-likeness (QED) is 0.128. The van der Waals surface area contributed by atoms with Crippen LogP contribution in [0, 0.1) is 0 Å². The van der Waals surface area contributed by atoms with Gasteiger partial charge in [0, 0.05) is 6.42 Å². The van der Waals surface area contributed by atoms with Gasteiger partial charge in [-0.1, -0.05) is 12.1 Å². The normalized spacial score (nSPS) is 14.1. The number of rotatable bonds is 15. The molecule has 0 radical (unpaired) electrons. The third-order valence-corrected chi connectivity index (χ3v) is 5.43. The summed E-state index contributed by atoms with van der Waals surface area (Å²) in [4.78, 5) is 60.2. The van der Waals surface area contributed by atoms with Crippen molar-refractivity contribution in [3.63, 3.8) is 0 Å². The lowest BCUT2D eigenvalue weighted by molar-refractivity contribution is -0.143. The standard InChI is InChI=1S/C21H30N4O9S/c1-35-7-6-13(22)18(30)25-16(10-26)20(32)23-14(9-17(28)29)19(31)24-15(21(33)34)8-11-2-4-12(27)5-3-11/h2-5,13-16,26-27H,6-10,22H2,1H3,(H,23,32)(H,24,31)(H,25,30)(H,28,29)(H,33,34). The van der Waals surface area contributed by atoms with E-state index in [1.54, 1.807) is 0 Å². The molecule has 0 heterocycles. The molecule has 0 bridgehead atoms. The van der Waals surface area contributed by atoms with E-state index in [1.165, 1.54) is 36.0 Å². The molecule has 1 aromatic rings. The number of carboxylic acids is 2. The van der Waals surface area contributed by atoms with Crippen LogP contribution in [0.25, 0.3) is 0 Å². The number of nitrogens with one attached hydrogen (secondary N) is 3. The Morgan fingerprint density at radius 2 is 1.46 bits per heavy atom. The molecule has 0 saturated carbocycles. The van der Waals surface area contributed by atoms with Gasteiger partial charge in [0.25, 0.3) is 0 Å². The molecule has 14 heteroatoms. The highest BCUT2D eigenvalue weighted by atomic mass is 32.2. The summed E-state index contributed by atoms with van der Waals surface area (Å²) in [7, 11) is 0. The van der Waals surface area contributed by atoms with Crippen molar-refractivity contribution in [3.05, 3.63) is 29.8 Å². The number of phenols is 1. The fourth-order valence-corrected chi connectivity index (χ4v) is 3.33. The Bertz CT molecular complexity index is 897. The van der Waals surface area contributed by atoms with E-state index in [9.17, 15) is 39.3 Å². The Morgan fingerprint density at radius 1 is 0.914 bits per heavy atom. The summed E-state index contributed by atoms with van der Waals surface area (Å²) >= 11 is 1.46. The summed E-state index contributed by atoms with van der Waals surface area (Å²) in [6.45, 7) is -0.854. The summed E-state index contributed by atoms with van der Waals surface area (Å²) in [5, 5.41) is 44.0. The molecule has 1 rings (SSSR count). The highest BCUT2D eigenvalue weighted by molar-refractivity contribution is 7.98. The van der Waals surface area contributed by atoms with Gasteiger partial charge in [-0.05, 0) is 36.1 Å². The molecule has 194 valence electrons. The van der Waals surface area contributed by atoms with Crippen molar-refractivity contribution < 1.29 is 44.4 Å². The van der Waals surface area contributed by atoms with Crippen LogP contribution in [0.4, 0.5) is 0 Å². The molecule has 0 aromatic heterocycles. The summed E-state index contributed by atoms with van der Waals surface area (Å²) in [5.74, 6) is -5.18. The SMILES string of the molecule is CSCCC(N)C(=O)NC(CO)C(=O)NC(CC(=O)O)C(=O)NC(Cc1ccc(O)cc1)C(=O)O. The van der Waals surface area contributed by atoms with Crippen LogP contribution in [-0.4, -0.2) is 92.9 Å². The van der Waals surface area contributed by atoms with Gasteiger partial charge in [0.05, 0.1) is 19.1 Å². The molecule has 4 atom stereocenters. The van der Waals surface area contributed by atoms with E-state index in [4.69, 9.17) is 10.8 Å². The fraction of sp³-hybridized carbons (Fsp3) is 0.476. The number of hydrogen-bond donors (Lipinski definition) is 8. The molecule has 0 aliphatic rings. The second-order valence-electron chi connectivity index (χ2n) is 7.56. The van der Waals surface area contributed by atoms with E-state index in [2.05, 4.69) is 16.0 Å². The molecule has 1 aromatic carbocycles. The predicted molar refractivity (Wildman–Crippen MR) is 126 cm³/mol. The second-order valence-corrected chi connectivity index (χ2v) is 8.55. The number of hydrogen-bond acceptors (Lipinski definition) is 9. The molecule has 9 N–H and O–H groups in total. The first kappa shape index (κ1) is 29.7. The largest absolute Gasteiger partial charge is 0.508 e. The van der Waals surface area contributed by atoms with Crippen LogP contribution in [-0.2, 0) is 30.4 Å². The number of carboxylic acid groups (broad SMARTS) is 2. The van der Waals surface area contributed by atoms with Crippen LogP contribution in [0.15, 0.2) is 24.3 Å². The zero-order valence-electron chi connectivity index (χ0n) is 19.0. The van der Waals surface area contributed by atoms with Gasteiger partial charge >= 0.3 is 11.9 Å². The number of benzene rings is 1. The summed E-state index contributed by atoms with van der Waals surface area (Å²) in [5.41, 5.74) is 6.19. The van der Waals surface area contributed by atoms with Gasteiger partial charge in [-0.2, -0.15) is 11.8 Å². The van der Waals surface area contributed by atoms with Gasteiger partial charge in [-0.3, -0.25) is 19.2 Å². The first-order chi connectivity index (χ1) is 16.5. The third kappa shape index (κ3) is 10.6. The van der Waals surface area contributed by atoms with Crippen molar-refractivity contribution in [2.75, 3.05) is 18.6 Å². The van der Waals surface area contributed by atoms with Gasteiger partial charge < -0.3 is 42.1 Å². The molecule has 0 spiro atoms. The molecular weight excluding hydrogens is 484 g/mol. The molecular formula is C21H30N4O9S. The highest BCUT2D eigenvalue weighted by Crippen LogP contribution is 2.12. The van der Waals surface area contributed by atoms with Crippen molar-refractivity contribution in [3.8, 4) is 5.75 Å². The highest BCUT2D eigenvalue weighted by Gasteiger charge is 2.31. The van der Waals surface area contributed by atoms with E-state index < -0.39 is 66.9 Å². The minimum atomic E-state index is -1.70. The van der Waals surface area contributed by atoms with Gasteiger partial charge in [0.1, 0.15) is 23.9 Å². The molecule has 0 aliphatic carbocycles. The van der Waals surface area contributed by atoms with Crippen molar-refractivity contribution in [1.29, 1.82) is 0 Å². The number of carbonyl (C=O) groups is 5. The zero-order valence-corrected chi connectivity index (χ0v) is 19.8. The van der Waals surface area contributed by atoms with E-state index in [0.717, 1.165) is 0 Å². The molecule has 13 nitrogen and oxygen atoms in total. The van der Waals surface area contributed by atoms with E-state index in [-0.39, 0.29) is 12.2 Å². The lowest BCUT2D eigenvalue weighted by atomic mass is 10.0. The Hall–Kier alpha value is -3.36. The van der Waals surface area contributed by atoms with E-state index in [0.29, 0.717) is 17.7 Å². The smallest absolute Gasteiger partial charge is 0.326 e. The number of amides is 3. The first-order valence-electron chi connectivity index (χ1n) is 10.5. The summed E-state index contributed by atoms with van der Waals surface area (Å²) in [6.07, 6.45) is 1.07. The average Bonchev–Trinajstić information content (AvgIpc) is 2.80. The number of nitrogens with two attached hydrogens (primary N) is 1. The van der Waals surface area contributed by atoms with Crippen molar-refractivity contribution in [1.82, 2.24) is 16.0 Å². The number of carbonyl (C=O) groups excluding carboxylic acids is 3. The number of thioether (sulfide) groups is 1. The Labute approximate surface area is 205 Å². The Balaban J connectivity index is 2.90. The lowest BCUT2D eigenvalue weighted by Gasteiger charge is -2.23. The number of aliphatic hydroxyl groups excluding tert-OH is 1. The van der Waals surface area contributed by atoms with Crippen LogP contribution in [0.2, 0.25) is 0 Å². The van der Waals surface area contributed by atoms with Gasteiger partial charge in [-0.15, -0.1) is 0 Å². The van der Waals surface area contributed by atoms with Crippen LogP contribution >= 0.6 is 11.8 Å². The van der Waals surface area contributed by atoms with Crippen LogP contribution in [0.5, 0.6) is 5.75 Å². The van der Waals surface area contributed by atoms with Crippen LogP contribution in [0.1, 0.15) is 18.4 Å². The van der Waals surface area contributed by atoms with E-state index >= 15 is 0 Å². The second kappa shape index (κ2) is 14.8. The maximum Gasteiger partial charge on any atom is 0.326 e. The Morgan fingerprint density at radius 3 is 1.97 bits per heavy atom. The molecule has 3 amide bonds. The molecule has 0 saturated heterocycles. The van der Waals surface area contributed by atoms with Crippen molar-refractivity contribution in [2.45, 2.75) is 43.4 Å². The van der Waals surface area contributed by atoms with Crippen molar-refractivity contribution >= 4 is 41.4 Å². The predicted octanol–water partition coefficient (Wildman–Crippen LogP) is -1.98. The van der Waals surface area contributed by atoms with Gasteiger partial charge in [0.2, 0.25) is 17.7 Å². The maximum absolute atomic E-state index is 12.7.